The first-order valence-corrected chi connectivity index (χ1v) is 6.51. The first kappa shape index (κ1) is 16.9. The van der Waals surface area contributed by atoms with Crippen LogP contribution in [0.3, 0.4) is 0 Å². The smallest absolute Gasteiger partial charge is 0.321 e. The van der Waals surface area contributed by atoms with Crippen molar-refractivity contribution in [2.45, 2.75) is 39.2 Å². The average molecular weight is 258 g/mol. The van der Waals surface area contributed by atoms with Crippen molar-refractivity contribution in [1.82, 2.24) is 15.5 Å². The number of nitrogens with zero attached hydrogens (tertiary/aromatic N) is 1. The zero-order valence-corrected chi connectivity index (χ0v) is 11.7. The molecule has 4 N–H and O–H groups in total. The van der Waals surface area contributed by atoms with Crippen LogP contribution in [-0.4, -0.2) is 49.6 Å². The predicted octanol–water partition coefficient (Wildman–Crippen LogP) is 0.281. The van der Waals surface area contributed by atoms with Crippen molar-refractivity contribution in [3.63, 3.8) is 0 Å². The van der Waals surface area contributed by atoms with Crippen LogP contribution >= 0.6 is 0 Å². The Morgan fingerprint density at radius 2 is 1.94 bits per heavy atom. The third-order valence-electron chi connectivity index (χ3n) is 2.83. The molecule has 6 heteroatoms. The Morgan fingerprint density at radius 3 is 2.50 bits per heavy atom. The van der Waals surface area contributed by atoms with E-state index in [1.54, 1.807) is 13.8 Å². The highest BCUT2D eigenvalue weighted by molar-refractivity contribution is 5.96. The second kappa shape index (κ2) is 9.85. The molecule has 0 radical (unpaired) electrons. The number of amides is 3. The SMILES string of the molecule is CCNC(=O)NC(=O)C(C)N(C)CCCCCN. The molecule has 0 aromatic heterocycles. The van der Waals surface area contributed by atoms with E-state index >= 15 is 0 Å². The third-order valence-corrected chi connectivity index (χ3v) is 2.83. The maximum absolute atomic E-state index is 11.7. The summed E-state index contributed by atoms with van der Waals surface area (Å²) < 4.78 is 0. The summed E-state index contributed by atoms with van der Waals surface area (Å²) in [5.74, 6) is -0.276. The van der Waals surface area contributed by atoms with E-state index in [4.69, 9.17) is 5.73 Å². The Morgan fingerprint density at radius 1 is 1.28 bits per heavy atom. The zero-order chi connectivity index (χ0) is 14.0. The van der Waals surface area contributed by atoms with E-state index in [2.05, 4.69) is 10.6 Å². The molecule has 18 heavy (non-hydrogen) atoms. The molecular weight excluding hydrogens is 232 g/mol. The molecule has 0 aliphatic rings. The van der Waals surface area contributed by atoms with Crippen molar-refractivity contribution in [3.8, 4) is 0 Å². The first-order chi connectivity index (χ1) is 8.52. The molecule has 0 saturated heterocycles. The van der Waals surface area contributed by atoms with Crippen LogP contribution < -0.4 is 16.4 Å². The molecule has 1 unspecified atom stereocenters. The number of carbonyl (C=O) groups is 2. The molecule has 0 rings (SSSR count). The third kappa shape index (κ3) is 7.24. The van der Waals surface area contributed by atoms with Crippen LogP contribution in [0.15, 0.2) is 0 Å². The summed E-state index contributed by atoms with van der Waals surface area (Å²) in [7, 11) is 1.88. The van der Waals surface area contributed by atoms with Crippen LogP contribution in [0.2, 0.25) is 0 Å². The summed E-state index contributed by atoms with van der Waals surface area (Å²) in [5.41, 5.74) is 5.41. The minimum atomic E-state index is -0.439. The van der Waals surface area contributed by atoms with Crippen LogP contribution in [-0.2, 0) is 4.79 Å². The van der Waals surface area contributed by atoms with Crippen molar-refractivity contribution in [1.29, 1.82) is 0 Å². The number of unbranched alkanes of at least 4 members (excludes halogenated alkanes) is 2. The lowest BCUT2D eigenvalue weighted by atomic mass is 10.2. The van der Waals surface area contributed by atoms with Gasteiger partial charge in [-0.1, -0.05) is 6.42 Å². The molecule has 1 atom stereocenters. The lowest BCUT2D eigenvalue weighted by Crippen LogP contribution is -2.48. The zero-order valence-electron chi connectivity index (χ0n) is 11.7. The van der Waals surface area contributed by atoms with Crippen molar-refractivity contribution < 1.29 is 9.59 Å². The lowest BCUT2D eigenvalue weighted by molar-refractivity contribution is -0.124. The van der Waals surface area contributed by atoms with Gasteiger partial charge in [0.2, 0.25) is 5.91 Å². The molecule has 6 nitrogen and oxygen atoms in total. The number of hydrogen-bond acceptors (Lipinski definition) is 4. The maximum atomic E-state index is 11.7. The van der Waals surface area contributed by atoms with Crippen LogP contribution in [0.25, 0.3) is 0 Å². The Bertz CT molecular complexity index is 258. The van der Waals surface area contributed by atoms with Gasteiger partial charge in [0.05, 0.1) is 6.04 Å². The molecule has 0 aliphatic heterocycles. The van der Waals surface area contributed by atoms with Crippen molar-refractivity contribution in [2.24, 2.45) is 5.73 Å². The minimum Gasteiger partial charge on any atom is -0.338 e. The van der Waals surface area contributed by atoms with Gasteiger partial charge in [0, 0.05) is 6.54 Å². The predicted molar refractivity (Wildman–Crippen MR) is 72.2 cm³/mol. The highest BCUT2D eigenvalue weighted by atomic mass is 16.2. The Kier molecular flexibility index (Phi) is 9.22. The van der Waals surface area contributed by atoms with Crippen molar-refractivity contribution in [2.75, 3.05) is 26.7 Å². The lowest BCUT2D eigenvalue weighted by Gasteiger charge is -2.23. The van der Waals surface area contributed by atoms with E-state index in [0.29, 0.717) is 13.1 Å². The van der Waals surface area contributed by atoms with Crippen molar-refractivity contribution >= 4 is 11.9 Å². The molecular formula is C12H26N4O2. The molecule has 0 spiro atoms. The number of nitrogens with one attached hydrogen (secondary N) is 2. The van der Waals surface area contributed by atoms with Gasteiger partial charge in [-0.3, -0.25) is 15.0 Å². The summed E-state index contributed by atoms with van der Waals surface area (Å²) in [6.07, 6.45) is 3.07. The molecule has 3 amide bonds. The first-order valence-electron chi connectivity index (χ1n) is 6.51. The molecule has 0 aliphatic carbocycles. The Hall–Kier alpha value is -1.14. The van der Waals surface area contributed by atoms with E-state index in [0.717, 1.165) is 25.8 Å². The van der Waals surface area contributed by atoms with Gasteiger partial charge in [-0.05, 0) is 46.8 Å². The van der Waals surface area contributed by atoms with Gasteiger partial charge in [0.25, 0.3) is 0 Å². The second-order valence-corrected chi connectivity index (χ2v) is 4.35. The number of rotatable bonds is 8. The van der Waals surface area contributed by atoms with Gasteiger partial charge in [0.1, 0.15) is 0 Å². The van der Waals surface area contributed by atoms with Gasteiger partial charge in [-0.25, -0.2) is 4.79 Å². The second-order valence-electron chi connectivity index (χ2n) is 4.35. The highest BCUT2D eigenvalue weighted by Gasteiger charge is 2.19. The van der Waals surface area contributed by atoms with E-state index < -0.39 is 6.03 Å². The van der Waals surface area contributed by atoms with E-state index in [9.17, 15) is 9.59 Å². The quantitative estimate of drug-likeness (QED) is 0.546. The van der Waals surface area contributed by atoms with Crippen molar-refractivity contribution in [3.05, 3.63) is 0 Å². The summed E-state index contributed by atoms with van der Waals surface area (Å²) in [6, 6.07) is -0.753. The number of hydrogen-bond donors (Lipinski definition) is 3. The minimum absolute atomic E-state index is 0.276. The highest BCUT2D eigenvalue weighted by Crippen LogP contribution is 2.01. The van der Waals surface area contributed by atoms with Gasteiger partial charge in [0.15, 0.2) is 0 Å². The normalized spacial score (nSPS) is 12.3. The topological polar surface area (TPSA) is 87.5 Å². The molecule has 0 aromatic rings. The standard InChI is InChI=1S/C12H26N4O2/c1-4-14-12(18)15-11(17)10(2)16(3)9-7-5-6-8-13/h10H,4-9,13H2,1-3H3,(H2,14,15,17,18). The van der Waals surface area contributed by atoms with Gasteiger partial charge in [-0.2, -0.15) is 0 Å². The fraction of sp³-hybridized carbons (Fsp3) is 0.833. The van der Waals surface area contributed by atoms with Crippen LogP contribution in [0.1, 0.15) is 33.1 Å². The number of imide groups is 1. The number of likely N-dealkylation sites (N-methyl/N-ethyl adjacent to an activating group) is 1. The molecule has 0 bridgehead atoms. The molecule has 0 aromatic carbocycles. The van der Waals surface area contributed by atoms with E-state index in [1.807, 2.05) is 11.9 Å². The van der Waals surface area contributed by atoms with Crippen LogP contribution in [0.4, 0.5) is 4.79 Å². The average Bonchev–Trinajstić information content (AvgIpc) is 2.33. The summed E-state index contributed by atoms with van der Waals surface area (Å²) in [4.78, 5) is 24.9. The molecule has 106 valence electrons. The van der Waals surface area contributed by atoms with Crippen LogP contribution in [0.5, 0.6) is 0 Å². The summed E-state index contributed by atoms with van der Waals surface area (Å²) >= 11 is 0. The van der Waals surface area contributed by atoms with Gasteiger partial charge >= 0.3 is 6.03 Å². The van der Waals surface area contributed by atoms with Gasteiger partial charge < -0.3 is 11.1 Å². The number of carbonyl (C=O) groups excluding carboxylic acids is 2. The maximum Gasteiger partial charge on any atom is 0.321 e. The fourth-order valence-electron chi connectivity index (χ4n) is 1.50. The summed E-state index contributed by atoms with van der Waals surface area (Å²) in [5, 5.41) is 4.84. The molecule has 0 fully saturated rings. The Balaban J connectivity index is 3.92. The Labute approximate surface area is 109 Å². The largest absolute Gasteiger partial charge is 0.338 e. The number of nitrogens with two attached hydrogens (primary N) is 1. The van der Waals surface area contributed by atoms with E-state index in [-0.39, 0.29) is 11.9 Å². The van der Waals surface area contributed by atoms with Gasteiger partial charge in [-0.15, -0.1) is 0 Å². The van der Waals surface area contributed by atoms with E-state index in [1.165, 1.54) is 0 Å². The molecule has 0 heterocycles. The fourth-order valence-corrected chi connectivity index (χ4v) is 1.50. The molecule has 0 saturated carbocycles. The van der Waals surface area contributed by atoms with Crippen LogP contribution in [0, 0.1) is 0 Å². The number of urea groups is 1. The summed E-state index contributed by atoms with van der Waals surface area (Å²) in [6.45, 7) is 5.62. The monoisotopic (exact) mass is 258 g/mol.